The van der Waals surface area contributed by atoms with Crippen molar-refractivity contribution in [2.24, 2.45) is 0 Å². The van der Waals surface area contributed by atoms with E-state index in [1.54, 1.807) is 20.8 Å². The van der Waals surface area contributed by atoms with Crippen LogP contribution < -0.4 is 0 Å². The number of pyridine rings is 1. The fraction of sp³-hybridized carbons (Fsp3) is 0.538. The van der Waals surface area contributed by atoms with Gasteiger partial charge in [0, 0.05) is 31.4 Å². The van der Waals surface area contributed by atoms with Crippen LogP contribution in [0.15, 0.2) is 12.3 Å². The normalized spacial score (nSPS) is 12.4. The Morgan fingerprint density at radius 2 is 1.74 bits per heavy atom. The first-order chi connectivity index (χ1) is 8.44. The first kappa shape index (κ1) is 15.5. The molecule has 106 valence electrons. The summed E-state index contributed by atoms with van der Waals surface area (Å²) in [5, 5.41) is 0. The molecule has 0 fully saturated rings. The Bertz CT molecular complexity index is 488. The molecule has 1 heterocycles. The minimum Gasteiger partial charge on any atom is -0.345 e. The molecule has 0 aliphatic carbocycles. The summed E-state index contributed by atoms with van der Waals surface area (Å²) in [4.78, 5) is 16.8. The van der Waals surface area contributed by atoms with Crippen molar-refractivity contribution in [1.82, 2.24) is 9.88 Å². The van der Waals surface area contributed by atoms with Gasteiger partial charge in [0.2, 0.25) is 0 Å². The molecule has 0 aromatic carbocycles. The number of rotatable bonds is 1. The van der Waals surface area contributed by atoms with Crippen molar-refractivity contribution in [3.8, 4) is 0 Å². The smallest absolute Gasteiger partial charge is 0.345 e. The lowest BCUT2D eigenvalue weighted by Gasteiger charge is -2.21. The third-order valence-corrected chi connectivity index (χ3v) is 2.61. The Morgan fingerprint density at radius 1 is 1.21 bits per heavy atom. The van der Waals surface area contributed by atoms with E-state index in [4.69, 9.17) is 0 Å². The van der Waals surface area contributed by atoms with Crippen LogP contribution in [-0.2, 0) is 11.6 Å². The molecule has 0 spiro atoms. The molecule has 0 unspecified atom stereocenters. The third kappa shape index (κ3) is 3.45. The average Bonchev–Trinajstić information content (AvgIpc) is 2.24. The fourth-order valence-corrected chi connectivity index (χ4v) is 1.51. The fourth-order valence-electron chi connectivity index (χ4n) is 1.51. The van der Waals surface area contributed by atoms with Crippen LogP contribution in [0.3, 0.4) is 0 Å². The van der Waals surface area contributed by atoms with Crippen LogP contribution >= 0.6 is 0 Å². The number of halogens is 3. The zero-order valence-corrected chi connectivity index (χ0v) is 11.6. The van der Waals surface area contributed by atoms with E-state index < -0.39 is 28.6 Å². The van der Waals surface area contributed by atoms with Crippen molar-refractivity contribution in [1.29, 1.82) is 0 Å². The number of hydrogen-bond donors (Lipinski definition) is 0. The van der Waals surface area contributed by atoms with Gasteiger partial charge in [0.05, 0.1) is 11.1 Å². The van der Waals surface area contributed by atoms with Crippen LogP contribution in [0.5, 0.6) is 0 Å². The van der Waals surface area contributed by atoms with Crippen LogP contribution in [0.4, 0.5) is 13.2 Å². The molecule has 0 atom stereocenters. The summed E-state index contributed by atoms with van der Waals surface area (Å²) < 4.78 is 39.1. The SMILES string of the molecule is CN(C)C(=O)c1cnc(C(C)(C)C)cc1C(F)(F)F. The second-order valence-corrected chi connectivity index (χ2v) is 5.56. The highest BCUT2D eigenvalue weighted by Gasteiger charge is 2.37. The molecule has 3 nitrogen and oxygen atoms in total. The summed E-state index contributed by atoms with van der Waals surface area (Å²) in [5.74, 6) is -0.708. The molecule has 0 bridgehead atoms. The van der Waals surface area contributed by atoms with Gasteiger partial charge in [-0.2, -0.15) is 13.2 Å². The van der Waals surface area contributed by atoms with Crippen LogP contribution in [0.25, 0.3) is 0 Å². The van der Waals surface area contributed by atoms with Crippen molar-refractivity contribution in [3.05, 3.63) is 29.1 Å². The van der Waals surface area contributed by atoms with Gasteiger partial charge in [-0.25, -0.2) is 0 Å². The molecule has 19 heavy (non-hydrogen) atoms. The molecule has 1 aromatic rings. The molecule has 1 aromatic heterocycles. The lowest BCUT2D eigenvalue weighted by molar-refractivity contribution is -0.138. The number of nitrogens with zero attached hydrogens (tertiary/aromatic N) is 2. The van der Waals surface area contributed by atoms with Crippen LogP contribution in [0, 0.1) is 0 Å². The predicted octanol–water partition coefficient (Wildman–Crippen LogP) is 3.10. The van der Waals surface area contributed by atoms with E-state index in [9.17, 15) is 18.0 Å². The van der Waals surface area contributed by atoms with E-state index in [0.717, 1.165) is 17.2 Å². The van der Waals surface area contributed by atoms with Crippen molar-refractivity contribution < 1.29 is 18.0 Å². The van der Waals surface area contributed by atoms with Gasteiger partial charge in [0.25, 0.3) is 5.91 Å². The summed E-state index contributed by atoms with van der Waals surface area (Å²) >= 11 is 0. The number of carbonyl (C=O) groups is 1. The summed E-state index contributed by atoms with van der Waals surface area (Å²) in [6.07, 6.45) is -3.57. The van der Waals surface area contributed by atoms with E-state index in [1.807, 2.05) is 0 Å². The zero-order valence-electron chi connectivity index (χ0n) is 11.6. The molecule has 0 aliphatic heterocycles. The molecule has 1 amide bonds. The highest BCUT2D eigenvalue weighted by molar-refractivity contribution is 5.95. The second-order valence-electron chi connectivity index (χ2n) is 5.56. The molecule has 6 heteroatoms. The monoisotopic (exact) mass is 274 g/mol. The summed E-state index contributed by atoms with van der Waals surface area (Å²) in [7, 11) is 2.81. The van der Waals surface area contributed by atoms with Gasteiger partial charge in [-0.05, 0) is 6.07 Å². The number of amides is 1. The average molecular weight is 274 g/mol. The van der Waals surface area contributed by atoms with Crippen LogP contribution in [0.2, 0.25) is 0 Å². The Balaban J connectivity index is 3.47. The lowest BCUT2D eigenvalue weighted by Crippen LogP contribution is -2.26. The number of alkyl halides is 3. The van der Waals surface area contributed by atoms with E-state index in [0.29, 0.717) is 5.69 Å². The number of aromatic nitrogens is 1. The molecule has 0 N–H and O–H groups in total. The van der Waals surface area contributed by atoms with E-state index in [-0.39, 0.29) is 0 Å². The Morgan fingerprint density at radius 3 is 2.11 bits per heavy atom. The minimum absolute atomic E-state index is 0.301. The third-order valence-electron chi connectivity index (χ3n) is 2.61. The van der Waals surface area contributed by atoms with E-state index >= 15 is 0 Å². The topological polar surface area (TPSA) is 33.2 Å². The van der Waals surface area contributed by atoms with Gasteiger partial charge in [0.15, 0.2) is 0 Å². The number of carbonyl (C=O) groups excluding carboxylic acids is 1. The highest BCUT2D eigenvalue weighted by atomic mass is 19.4. The predicted molar refractivity (Wildman–Crippen MR) is 66.0 cm³/mol. The maximum Gasteiger partial charge on any atom is 0.417 e. The molecule has 1 rings (SSSR count). The van der Waals surface area contributed by atoms with Crippen molar-refractivity contribution in [3.63, 3.8) is 0 Å². The molecule has 0 radical (unpaired) electrons. The van der Waals surface area contributed by atoms with Crippen molar-refractivity contribution in [2.75, 3.05) is 14.1 Å². The second kappa shape index (κ2) is 4.83. The van der Waals surface area contributed by atoms with Gasteiger partial charge in [-0.15, -0.1) is 0 Å². The molecule has 0 saturated carbocycles. The van der Waals surface area contributed by atoms with Crippen molar-refractivity contribution >= 4 is 5.91 Å². The quantitative estimate of drug-likeness (QED) is 0.788. The van der Waals surface area contributed by atoms with Crippen molar-refractivity contribution in [2.45, 2.75) is 32.4 Å². The first-order valence-corrected chi connectivity index (χ1v) is 5.74. The summed E-state index contributed by atoms with van der Waals surface area (Å²) in [6.45, 7) is 5.30. The molecule has 0 aliphatic rings. The van der Waals surface area contributed by atoms with Crippen LogP contribution in [-0.4, -0.2) is 29.9 Å². The van der Waals surface area contributed by atoms with Gasteiger partial charge in [-0.3, -0.25) is 9.78 Å². The Kier molecular flexibility index (Phi) is 3.93. The Hall–Kier alpha value is -1.59. The highest BCUT2D eigenvalue weighted by Crippen LogP contribution is 2.34. The summed E-state index contributed by atoms with van der Waals surface area (Å²) in [6, 6.07) is 0.955. The maximum absolute atomic E-state index is 13.0. The van der Waals surface area contributed by atoms with E-state index in [1.165, 1.54) is 14.1 Å². The largest absolute Gasteiger partial charge is 0.417 e. The Labute approximate surface area is 110 Å². The molecule has 0 saturated heterocycles. The first-order valence-electron chi connectivity index (χ1n) is 5.74. The minimum atomic E-state index is -4.58. The van der Waals surface area contributed by atoms with Crippen LogP contribution in [0.1, 0.15) is 42.4 Å². The van der Waals surface area contributed by atoms with Gasteiger partial charge >= 0.3 is 6.18 Å². The van der Waals surface area contributed by atoms with E-state index in [2.05, 4.69) is 4.98 Å². The molecular formula is C13H17F3N2O. The van der Waals surface area contributed by atoms with Gasteiger partial charge in [0.1, 0.15) is 0 Å². The standard InChI is InChI=1S/C13H17F3N2O/c1-12(2,3)10-6-9(13(14,15)16)8(7-17-10)11(19)18(4)5/h6-7H,1-5H3. The maximum atomic E-state index is 13.0. The zero-order chi connectivity index (χ0) is 15.0. The molecular weight excluding hydrogens is 257 g/mol. The lowest BCUT2D eigenvalue weighted by atomic mass is 9.90. The number of hydrogen-bond acceptors (Lipinski definition) is 2. The van der Waals surface area contributed by atoms with Gasteiger partial charge < -0.3 is 4.90 Å². The van der Waals surface area contributed by atoms with Gasteiger partial charge in [-0.1, -0.05) is 20.8 Å². The summed E-state index contributed by atoms with van der Waals surface area (Å²) in [5.41, 5.74) is -1.58.